The zero-order valence-corrected chi connectivity index (χ0v) is 12.5. The Morgan fingerprint density at radius 1 is 1.40 bits per heavy atom. The third-order valence-electron chi connectivity index (χ3n) is 3.48. The largest absolute Gasteiger partial charge is 0.493 e. The second kappa shape index (κ2) is 7.86. The van der Waals surface area contributed by atoms with Gasteiger partial charge < -0.3 is 4.74 Å². The molecule has 0 aliphatic carbocycles. The molecule has 20 heavy (non-hydrogen) atoms. The zero-order valence-electron chi connectivity index (χ0n) is 12.5. The molecule has 1 aromatic rings. The van der Waals surface area contributed by atoms with E-state index in [1.165, 1.54) is 12.1 Å². The number of hydrogen-bond acceptors (Lipinski definition) is 3. The summed E-state index contributed by atoms with van der Waals surface area (Å²) in [5.41, 5.74) is 0.328. The molecule has 0 amide bonds. The van der Waals surface area contributed by atoms with Crippen molar-refractivity contribution in [3.05, 3.63) is 29.6 Å². The number of rotatable bonds is 8. The molecule has 1 rings (SSSR count). The fourth-order valence-corrected chi connectivity index (χ4v) is 2.23. The topological polar surface area (TPSA) is 45.0 Å². The van der Waals surface area contributed by atoms with Gasteiger partial charge in [0.25, 0.3) is 0 Å². The van der Waals surface area contributed by atoms with E-state index in [9.17, 15) is 9.65 Å². The highest BCUT2D eigenvalue weighted by Crippen LogP contribution is 2.20. The van der Waals surface area contributed by atoms with Crippen molar-refractivity contribution in [1.29, 1.82) is 5.26 Å². The quantitative estimate of drug-likeness (QED) is 0.739. The van der Waals surface area contributed by atoms with Crippen LogP contribution >= 0.6 is 0 Å². The van der Waals surface area contributed by atoms with E-state index in [2.05, 4.69) is 11.4 Å². The van der Waals surface area contributed by atoms with Gasteiger partial charge in [0.1, 0.15) is 17.1 Å². The van der Waals surface area contributed by atoms with E-state index in [0.717, 1.165) is 31.4 Å². The van der Waals surface area contributed by atoms with Crippen molar-refractivity contribution >= 4 is 0 Å². The minimum atomic E-state index is -0.462. The Kier molecular flexibility index (Phi) is 6.47. The molecule has 1 atom stereocenters. The van der Waals surface area contributed by atoms with Gasteiger partial charge in [-0.3, -0.25) is 5.32 Å². The highest BCUT2D eigenvalue weighted by atomic mass is 19.1. The molecule has 1 unspecified atom stereocenters. The van der Waals surface area contributed by atoms with Gasteiger partial charge in [-0.05, 0) is 56.5 Å². The minimum Gasteiger partial charge on any atom is -0.493 e. The summed E-state index contributed by atoms with van der Waals surface area (Å²) in [7, 11) is 0. The van der Waals surface area contributed by atoms with Gasteiger partial charge in [-0.15, -0.1) is 0 Å². The molecular formula is C16H23FN2O. The number of aryl methyl sites for hydroxylation is 1. The highest BCUT2D eigenvalue weighted by molar-refractivity contribution is 5.32. The third-order valence-corrected chi connectivity index (χ3v) is 3.48. The molecule has 0 aromatic heterocycles. The van der Waals surface area contributed by atoms with Crippen LogP contribution in [0.5, 0.6) is 5.75 Å². The van der Waals surface area contributed by atoms with Crippen molar-refractivity contribution in [3.63, 3.8) is 0 Å². The summed E-state index contributed by atoms with van der Waals surface area (Å²) in [6, 6.07) is 6.87. The molecule has 0 spiro atoms. The molecule has 0 radical (unpaired) electrons. The van der Waals surface area contributed by atoms with Crippen LogP contribution in [0.25, 0.3) is 0 Å². The van der Waals surface area contributed by atoms with Crippen molar-refractivity contribution in [2.45, 2.75) is 45.6 Å². The van der Waals surface area contributed by atoms with Gasteiger partial charge >= 0.3 is 0 Å². The Bertz CT molecular complexity index is 470. The molecule has 1 aromatic carbocycles. The van der Waals surface area contributed by atoms with Crippen LogP contribution in [0.1, 0.15) is 38.7 Å². The Morgan fingerprint density at radius 2 is 2.15 bits per heavy atom. The molecule has 0 aliphatic heterocycles. The van der Waals surface area contributed by atoms with Crippen LogP contribution < -0.4 is 10.1 Å². The van der Waals surface area contributed by atoms with E-state index in [-0.39, 0.29) is 5.82 Å². The maximum Gasteiger partial charge on any atom is 0.123 e. The van der Waals surface area contributed by atoms with Crippen LogP contribution in [0.3, 0.4) is 0 Å². The van der Waals surface area contributed by atoms with E-state index in [4.69, 9.17) is 4.74 Å². The molecule has 0 heterocycles. The first-order valence-electron chi connectivity index (χ1n) is 7.12. The second-order valence-corrected chi connectivity index (χ2v) is 4.94. The lowest BCUT2D eigenvalue weighted by Crippen LogP contribution is -2.43. The fourth-order valence-electron chi connectivity index (χ4n) is 2.23. The minimum absolute atomic E-state index is 0.253. The van der Waals surface area contributed by atoms with Crippen LogP contribution in [0, 0.1) is 24.1 Å². The average Bonchev–Trinajstić information content (AvgIpc) is 2.44. The van der Waals surface area contributed by atoms with Crippen LogP contribution in [-0.4, -0.2) is 18.7 Å². The van der Waals surface area contributed by atoms with Crippen LogP contribution in [0.2, 0.25) is 0 Å². The van der Waals surface area contributed by atoms with Gasteiger partial charge in [0.2, 0.25) is 0 Å². The Hall–Kier alpha value is -1.60. The van der Waals surface area contributed by atoms with Crippen molar-refractivity contribution < 1.29 is 9.13 Å². The number of halogens is 1. The summed E-state index contributed by atoms with van der Waals surface area (Å²) in [6.07, 6.45) is 2.30. The lowest BCUT2D eigenvalue weighted by Gasteiger charge is -2.26. The summed E-state index contributed by atoms with van der Waals surface area (Å²) in [5.74, 6) is 0.449. The van der Waals surface area contributed by atoms with E-state index < -0.39 is 5.54 Å². The first kappa shape index (κ1) is 16.5. The van der Waals surface area contributed by atoms with Gasteiger partial charge in [0.15, 0.2) is 0 Å². The summed E-state index contributed by atoms with van der Waals surface area (Å²) in [5, 5.41) is 12.6. The Balaban J connectivity index is 2.46. The molecule has 4 heteroatoms. The number of benzene rings is 1. The van der Waals surface area contributed by atoms with Gasteiger partial charge in [0, 0.05) is 0 Å². The molecule has 3 nitrogen and oxygen atoms in total. The SMILES string of the molecule is CCNC(C#N)(CC)CCCOc1ccc(F)cc1C. The molecule has 110 valence electrons. The number of hydrogen-bond donors (Lipinski definition) is 1. The van der Waals surface area contributed by atoms with Gasteiger partial charge in [-0.2, -0.15) is 5.26 Å². The van der Waals surface area contributed by atoms with Crippen molar-refractivity contribution in [2.75, 3.05) is 13.2 Å². The lowest BCUT2D eigenvalue weighted by atomic mass is 9.92. The van der Waals surface area contributed by atoms with Crippen molar-refractivity contribution in [3.8, 4) is 11.8 Å². The number of nitriles is 1. The first-order valence-corrected chi connectivity index (χ1v) is 7.12. The first-order chi connectivity index (χ1) is 9.56. The Morgan fingerprint density at radius 3 is 2.70 bits per heavy atom. The third kappa shape index (κ3) is 4.50. The summed E-state index contributed by atoms with van der Waals surface area (Å²) < 4.78 is 18.6. The molecule has 0 fully saturated rings. The van der Waals surface area contributed by atoms with Crippen molar-refractivity contribution in [1.82, 2.24) is 5.32 Å². The second-order valence-electron chi connectivity index (χ2n) is 4.94. The number of ether oxygens (including phenoxy) is 1. The zero-order chi connectivity index (χ0) is 15.0. The van der Waals surface area contributed by atoms with Crippen LogP contribution in [-0.2, 0) is 0 Å². The maximum atomic E-state index is 13.0. The van der Waals surface area contributed by atoms with E-state index in [1.807, 2.05) is 20.8 Å². The highest BCUT2D eigenvalue weighted by Gasteiger charge is 2.25. The Labute approximate surface area is 120 Å². The normalized spacial score (nSPS) is 13.6. The summed E-state index contributed by atoms with van der Waals surface area (Å²) in [4.78, 5) is 0. The van der Waals surface area contributed by atoms with Crippen molar-refractivity contribution in [2.24, 2.45) is 0 Å². The van der Waals surface area contributed by atoms with Crippen LogP contribution in [0.4, 0.5) is 4.39 Å². The van der Waals surface area contributed by atoms with Crippen LogP contribution in [0.15, 0.2) is 18.2 Å². The molecule has 0 aliphatic rings. The number of nitrogens with one attached hydrogen (secondary N) is 1. The molecule has 0 saturated carbocycles. The van der Waals surface area contributed by atoms with Gasteiger partial charge in [0.05, 0.1) is 12.7 Å². The van der Waals surface area contributed by atoms with Gasteiger partial charge in [-0.1, -0.05) is 13.8 Å². The molecular weight excluding hydrogens is 255 g/mol. The van der Waals surface area contributed by atoms with Gasteiger partial charge in [-0.25, -0.2) is 4.39 Å². The summed E-state index contributed by atoms with van der Waals surface area (Å²) in [6.45, 7) is 7.14. The molecule has 1 N–H and O–H groups in total. The fraction of sp³-hybridized carbons (Fsp3) is 0.562. The lowest BCUT2D eigenvalue weighted by molar-refractivity contribution is 0.276. The molecule has 0 saturated heterocycles. The van der Waals surface area contributed by atoms with E-state index in [0.29, 0.717) is 12.4 Å². The standard InChI is InChI=1S/C16H23FN2O/c1-4-16(12-18,19-5-2)9-6-10-20-15-8-7-14(17)11-13(15)3/h7-8,11,19H,4-6,9-10H2,1-3H3. The maximum absolute atomic E-state index is 13.0. The predicted molar refractivity (Wildman–Crippen MR) is 78.2 cm³/mol. The molecule has 0 bridgehead atoms. The predicted octanol–water partition coefficient (Wildman–Crippen LogP) is 3.58. The van der Waals surface area contributed by atoms with E-state index >= 15 is 0 Å². The summed E-state index contributed by atoms with van der Waals surface area (Å²) >= 11 is 0. The number of nitrogens with zero attached hydrogens (tertiary/aromatic N) is 1. The van der Waals surface area contributed by atoms with E-state index in [1.54, 1.807) is 6.07 Å². The smallest absolute Gasteiger partial charge is 0.123 e. The average molecular weight is 278 g/mol. The monoisotopic (exact) mass is 278 g/mol.